The Hall–Kier alpha value is -1.37. The molecule has 1 saturated heterocycles. The van der Waals surface area contributed by atoms with E-state index in [0.717, 1.165) is 17.3 Å². The van der Waals surface area contributed by atoms with Crippen LogP contribution in [0.3, 0.4) is 0 Å². The Bertz CT molecular complexity index is 427. The minimum Gasteiger partial charge on any atom is -0.458 e. The van der Waals surface area contributed by atoms with Crippen LogP contribution in [-0.4, -0.2) is 46.8 Å². The van der Waals surface area contributed by atoms with Gasteiger partial charge in [0.25, 0.3) is 0 Å². The molecule has 0 bridgehead atoms. The molecule has 1 aliphatic heterocycles. The molecule has 2 heterocycles. The Morgan fingerprint density at radius 3 is 2.95 bits per heavy atom. The first-order valence-corrected chi connectivity index (χ1v) is 7.04. The Kier molecular flexibility index (Phi) is 4.95. The van der Waals surface area contributed by atoms with Crippen LogP contribution >= 0.6 is 15.9 Å². The Balaban J connectivity index is 1.90. The molecule has 1 aromatic rings. The first kappa shape index (κ1) is 14.0. The van der Waals surface area contributed by atoms with Crippen LogP contribution in [0.5, 0.6) is 6.01 Å². The molecule has 0 radical (unpaired) electrons. The lowest BCUT2D eigenvalue weighted by Crippen LogP contribution is -2.44. The number of halogens is 1. The molecule has 0 N–H and O–H groups in total. The van der Waals surface area contributed by atoms with Gasteiger partial charge in [-0.25, -0.2) is 14.8 Å². The maximum absolute atomic E-state index is 11.7. The second kappa shape index (κ2) is 6.70. The fourth-order valence-electron chi connectivity index (χ4n) is 1.93. The van der Waals surface area contributed by atoms with E-state index >= 15 is 0 Å². The highest BCUT2D eigenvalue weighted by molar-refractivity contribution is 9.10. The number of piperidine rings is 1. The van der Waals surface area contributed by atoms with Crippen molar-refractivity contribution in [1.82, 2.24) is 14.9 Å². The molecule has 1 fully saturated rings. The molecule has 0 spiro atoms. The van der Waals surface area contributed by atoms with Gasteiger partial charge in [-0.05, 0) is 35.7 Å². The quantitative estimate of drug-likeness (QED) is 0.850. The highest BCUT2D eigenvalue weighted by Gasteiger charge is 2.26. The number of aromatic nitrogens is 2. The van der Waals surface area contributed by atoms with E-state index in [0.29, 0.717) is 25.7 Å². The van der Waals surface area contributed by atoms with Crippen molar-refractivity contribution >= 4 is 22.0 Å². The van der Waals surface area contributed by atoms with Gasteiger partial charge in [-0.15, -0.1) is 0 Å². The van der Waals surface area contributed by atoms with Crippen LogP contribution in [0.1, 0.15) is 19.8 Å². The van der Waals surface area contributed by atoms with Crippen LogP contribution in [0.25, 0.3) is 0 Å². The van der Waals surface area contributed by atoms with Crippen LogP contribution in [0, 0.1) is 0 Å². The predicted molar refractivity (Wildman–Crippen MR) is 72.0 cm³/mol. The molecule has 6 nitrogen and oxygen atoms in total. The number of hydrogen-bond donors (Lipinski definition) is 0. The molecule has 104 valence electrons. The zero-order chi connectivity index (χ0) is 13.7. The summed E-state index contributed by atoms with van der Waals surface area (Å²) in [7, 11) is 0. The van der Waals surface area contributed by atoms with Gasteiger partial charge in [0, 0.05) is 18.9 Å². The summed E-state index contributed by atoms with van der Waals surface area (Å²) in [6, 6.07) is 0.332. The Morgan fingerprint density at radius 1 is 1.53 bits per heavy atom. The highest BCUT2D eigenvalue weighted by atomic mass is 79.9. The van der Waals surface area contributed by atoms with Crippen molar-refractivity contribution in [2.75, 3.05) is 19.7 Å². The summed E-state index contributed by atoms with van der Waals surface area (Å²) in [6.07, 6.45) is 4.67. The fraction of sp³-hybridized carbons (Fsp3) is 0.583. The molecule has 1 atom stereocenters. The van der Waals surface area contributed by atoms with Crippen LogP contribution < -0.4 is 4.74 Å². The molecule has 0 unspecified atom stereocenters. The van der Waals surface area contributed by atoms with Crippen molar-refractivity contribution in [3.8, 4) is 6.01 Å². The maximum atomic E-state index is 11.7. The van der Waals surface area contributed by atoms with E-state index in [1.165, 1.54) is 0 Å². The Morgan fingerprint density at radius 2 is 2.26 bits per heavy atom. The SMILES string of the molecule is CCOC(=O)N1CCC[C@H](Oc2ncc(Br)cn2)C1. The topological polar surface area (TPSA) is 64.5 Å². The maximum Gasteiger partial charge on any atom is 0.409 e. The van der Waals surface area contributed by atoms with E-state index in [1.54, 1.807) is 24.2 Å². The van der Waals surface area contributed by atoms with Gasteiger partial charge in [0.05, 0.1) is 17.6 Å². The lowest BCUT2D eigenvalue weighted by atomic mass is 10.1. The minimum absolute atomic E-state index is 0.0840. The number of amides is 1. The largest absolute Gasteiger partial charge is 0.458 e. The summed E-state index contributed by atoms with van der Waals surface area (Å²) in [5, 5.41) is 0. The predicted octanol–water partition coefficient (Wildman–Crippen LogP) is 2.24. The van der Waals surface area contributed by atoms with Gasteiger partial charge in [0.2, 0.25) is 0 Å². The van der Waals surface area contributed by atoms with E-state index in [4.69, 9.17) is 9.47 Å². The summed E-state index contributed by atoms with van der Waals surface area (Å²) >= 11 is 3.27. The third-order valence-corrected chi connectivity index (χ3v) is 3.18. The van der Waals surface area contributed by atoms with Crippen molar-refractivity contribution < 1.29 is 14.3 Å². The first-order valence-electron chi connectivity index (χ1n) is 6.25. The molecule has 7 heteroatoms. The summed E-state index contributed by atoms with van der Waals surface area (Å²) in [5.74, 6) is 0. The van der Waals surface area contributed by atoms with E-state index in [-0.39, 0.29) is 12.2 Å². The third kappa shape index (κ3) is 4.05. The van der Waals surface area contributed by atoms with Gasteiger partial charge in [-0.1, -0.05) is 0 Å². The standard InChI is InChI=1S/C12H16BrN3O3/c1-2-18-12(17)16-5-3-4-10(8-16)19-11-14-6-9(13)7-15-11/h6-7,10H,2-5,8H2,1H3/t10-/m0/s1. The number of ether oxygens (including phenoxy) is 2. The van der Waals surface area contributed by atoms with E-state index in [9.17, 15) is 4.79 Å². The molecule has 1 aromatic heterocycles. The summed E-state index contributed by atoms with van der Waals surface area (Å²) in [6.45, 7) is 3.40. The number of carbonyl (C=O) groups is 1. The molecule has 19 heavy (non-hydrogen) atoms. The summed E-state index contributed by atoms with van der Waals surface area (Å²) in [5.41, 5.74) is 0. The first-order chi connectivity index (χ1) is 9.19. The van der Waals surface area contributed by atoms with Gasteiger partial charge in [-0.3, -0.25) is 0 Å². The third-order valence-electron chi connectivity index (χ3n) is 2.77. The second-order valence-electron chi connectivity index (χ2n) is 4.21. The van der Waals surface area contributed by atoms with E-state index in [1.807, 2.05) is 0 Å². The number of carbonyl (C=O) groups excluding carboxylic acids is 1. The lowest BCUT2D eigenvalue weighted by molar-refractivity contribution is 0.0575. The van der Waals surface area contributed by atoms with Crippen molar-refractivity contribution in [2.45, 2.75) is 25.9 Å². The molecule has 1 amide bonds. The average Bonchev–Trinajstić information content (AvgIpc) is 2.42. The van der Waals surface area contributed by atoms with E-state index in [2.05, 4.69) is 25.9 Å². The van der Waals surface area contributed by atoms with Gasteiger partial charge in [-0.2, -0.15) is 0 Å². The molecule has 1 aliphatic rings. The Labute approximate surface area is 120 Å². The molecule has 0 aromatic carbocycles. The molecular formula is C12H16BrN3O3. The zero-order valence-corrected chi connectivity index (χ0v) is 12.3. The van der Waals surface area contributed by atoms with Crippen molar-refractivity contribution in [3.63, 3.8) is 0 Å². The summed E-state index contributed by atoms with van der Waals surface area (Å²) < 4.78 is 11.5. The monoisotopic (exact) mass is 329 g/mol. The molecular weight excluding hydrogens is 314 g/mol. The summed E-state index contributed by atoms with van der Waals surface area (Å²) in [4.78, 5) is 21.4. The molecule has 0 saturated carbocycles. The van der Waals surface area contributed by atoms with Crippen LogP contribution in [0.2, 0.25) is 0 Å². The van der Waals surface area contributed by atoms with Gasteiger partial charge in [0.15, 0.2) is 0 Å². The number of nitrogens with zero attached hydrogens (tertiary/aromatic N) is 3. The minimum atomic E-state index is -0.285. The van der Waals surface area contributed by atoms with Gasteiger partial charge < -0.3 is 14.4 Å². The fourth-order valence-corrected chi connectivity index (χ4v) is 2.13. The highest BCUT2D eigenvalue weighted by Crippen LogP contribution is 2.16. The van der Waals surface area contributed by atoms with E-state index < -0.39 is 0 Å². The smallest absolute Gasteiger partial charge is 0.409 e. The van der Waals surface area contributed by atoms with Crippen LogP contribution in [0.4, 0.5) is 4.79 Å². The van der Waals surface area contributed by atoms with Crippen LogP contribution in [0.15, 0.2) is 16.9 Å². The van der Waals surface area contributed by atoms with Crippen molar-refractivity contribution in [2.24, 2.45) is 0 Å². The number of likely N-dealkylation sites (tertiary alicyclic amines) is 1. The number of rotatable bonds is 3. The normalized spacial score (nSPS) is 19.1. The second-order valence-corrected chi connectivity index (χ2v) is 5.13. The van der Waals surface area contributed by atoms with Crippen molar-refractivity contribution in [1.29, 1.82) is 0 Å². The lowest BCUT2D eigenvalue weighted by Gasteiger charge is -2.31. The zero-order valence-electron chi connectivity index (χ0n) is 10.7. The molecule has 2 rings (SSSR count). The molecule has 0 aliphatic carbocycles. The average molecular weight is 330 g/mol. The number of hydrogen-bond acceptors (Lipinski definition) is 5. The van der Waals surface area contributed by atoms with Gasteiger partial charge in [0.1, 0.15) is 6.10 Å². The van der Waals surface area contributed by atoms with Crippen LogP contribution in [-0.2, 0) is 4.74 Å². The van der Waals surface area contributed by atoms with Crippen molar-refractivity contribution in [3.05, 3.63) is 16.9 Å². The van der Waals surface area contributed by atoms with Gasteiger partial charge >= 0.3 is 12.1 Å².